The molecule has 18 heavy (non-hydrogen) atoms. The van der Waals surface area contributed by atoms with Crippen LogP contribution in [0.25, 0.3) is 0 Å². The minimum Gasteiger partial charge on any atom is -0.348 e. The maximum absolute atomic E-state index is 12.2. The molecule has 0 radical (unpaired) electrons. The van der Waals surface area contributed by atoms with Crippen molar-refractivity contribution in [3.05, 3.63) is 24.0 Å². The van der Waals surface area contributed by atoms with E-state index in [1.165, 1.54) is 32.1 Å². The van der Waals surface area contributed by atoms with Crippen molar-refractivity contribution in [2.75, 3.05) is 19.6 Å². The summed E-state index contributed by atoms with van der Waals surface area (Å²) in [6.07, 6.45) is 8.77. The third-order valence-electron chi connectivity index (χ3n) is 4.78. The lowest BCUT2D eigenvalue weighted by Crippen LogP contribution is -2.31. The average Bonchev–Trinajstić information content (AvgIpc) is 3.03. The van der Waals surface area contributed by atoms with E-state index in [0.29, 0.717) is 12.0 Å². The molecule has 1 spiro atoms. The van der Waals surface area contributed by atoms with Gasteiger partial charge in [0.05, 0.1) is 12.2 Å². The summed E-state index contributed by atoms with van der Waals surface area (Å²) >= 11 is 0. The Morgan fingerprint density at radius 2 is 2.11 bits per heavy atom. The monoisotopic (exact) mass is 246 g/mol. The first kappa shape index (κ1) is 12.0. The van der Waals surface area contributed by atoms with Crippen LogP contribution < -0.4 is 0 Å². The topological polar surface area (TPSA) is 25.2 Å². The van der Waals surface area contributed by atoms with Crippen LogP contribution in [0.5, 0.6) is 0 Å². The van der Waals surface area contributed by atoms with Crippen LogP contribution in [-0.2, 0) is 7.05 Å². The maximum Gasteiger partial charge on any atom is 0.193 e. The highest BCUT2D eigenvalue weighted by Gasteiger charge is 2.40. The molecule has 0 amide bonds. The zero-order valence-corrected chi connectivity index (χ0v) is 11.2. The van der Waals surface area contributed by atoms with Gasteiger partial charge < -0.3 is 4.57 Å². The van der Waals surface area contributed by atoms with E-state index in [0.717, 1.165) is 18.8 Å². The molecule has 1 saturated carbocycles. The standard InChI is InChI=1S/C15H22N2O/c1-16-9-4-5-13(16)14(18)11-17-10-8-15(12-17)6-2-3-7-15/h4-5,9H,2-3,6-8,10-12H2,1H3. The molecule has 3 rings (SSSR count). The summed E-state index contributed by atoms with van der Waals surface area (Å²) in [5, 5.41) is 0. The van der Waals surface area contributed by atoms with E-state index in [9.17, 15) is 4.79 Å². The molecule has 2 fully saturated rings. The molecule has 0 unspecified atom stereocenters. The number of hydrogen-bond donors (Lipinski definition) is 0. The molecule has 1 aliphatic heterocycles. The van der Waals surface area contributed by atoms with Gasteiger partial charge in [-0.2, -0.15) is 0 Å². The number of aromatic nitrogens is 1. The first-order chi connectivity index (χ1) is 8.69. The minimum atomic E-state index is 0.262. The Bertz CT molecular complexity index is 443. The fraction of sp³-hybridized carbons (Fsp3) is 0.667. The molecule has 3 nitrogen and oxygen atoms in total. The Labute approximate surface area is 109 Å². The number of likely N-dealkylation sites (tertiary alicyclic amines) is 1. The summed E-state index contributed by atoms with van der Waals surface area (Å²) in [6.45, 7) is 2.85. The Balaban J connectivity index is 1.61. The number of aryl methyl sites for hydroxylation is 1. The fourth-order valence-corrected chi connectivity index (χ4v) is 3.73. The van der Waals surface area contributed by atoms with Gasteiger partial charge in [-0.3, -0.25) is 9.69 Å². The van der Waals surface area contributed by atoms with Gasteiger partial charge in [-0.05, 0) is 43.4 Å². The number of nitrogens with zero attached hydrogens (tertiary/aromatic N) is 2. The highest BCUT2D eigenvalue weighted by atomic mass is 16.1. The fourth-order valence-electron chi connectivity index (χ4n) is 3.73. The molecule has 2 heterocycles. The zero-order chi connectivity index (χ0) is 12.6. The van der Waals surface area contributed by atoms with Gasteiger partial charge in [-0.25, -0.2) is 0 Å². The third-order valence-corrected chi connectivity index (χ3v) is 4.78. The number of Topliss-reactive ketones (excluding diaryl/α,β-unsaturated/α-hetero) is 1. The largest absolute Gasteiger partial charge is 0.348 e. The van der Waals surface area contributed by atoms with E-state index in [4.69, 9.17) is 0 Å². The van der Waals surface area contributed by atoms with Crippen LogP contribution >= 0.6 is 0 Å². The number of carbonyl (C=O) groups excluding carboxylic acids is 1. The number of carbonyl (C=O) groups is 1. The quantitative estimate of drug-likeness (QED) is 0.766. The first-order valence-corrected chi connectivity index (χ1v) is 7.05. The van der Waals surface area contributed by atoms with Gasteiger partial charge >= 0.3 is 0 Å². The number of ketones is 1. The summed E-state index contributed by atoms with van der Waals surface area (Å²) in [5.74, 6) is 0.262. The van der Waals surface area contributed by atoms with Gasteiger partial charge in [0.1, 0.15) is 0 Å². The molecule has 0 bridgehead atoms. The van der Waals surface area contributed by atoms with Gasteiger partial charge in [0.2, 0.25) is 0 Å². The Kier molecular flexibility index (Phi) is 3.02. The smallest absolute Gasteiger partial charge is 0.193 e. The van der Waals surface area contributed by atoms with E-state index >= 15 is 0 Å². The molecule has 1 aromatic rings. The SMILES string of the molecule is Cn1cccc1C(=O)CN1CCC2(CCCC2)C1. The van der Waals surface area contributed by atoms with Gasteiger partial charge in [-0.15, -0.1) is 0 Å². The van der Waals surface area contributed by atoms with Crippen LogP contribution in [0.3, 0.4) is 0 Å². The van der Waals surface area contributed by atoms with Crippen molar-refractivity contribution in [2.45, 2.75) is 32.1 Å². The van der Waals surface area contributed by atoms with E-state index in [-0.39, 0.29) is 5.78 Å². The lowest BCUT2D eigenvalue weighted by atomic mass is 9.86. The second-order valence-corrected chi connectivity index (χ2v) is 6.10. The van der Waals surface area contributed by atoms with Crippen LogP contribution in [-0.4, -0.2) is 34.9 Å². The summed E-state index contributed by atoms with van der Waals surface area (Å²) in [4.78, 5) is 14.6. The molecular formula is C15H22N2O. The Hall–Kier alpha value is -1.09. The van der Waals surface area contributed by atoms with Crippen molar-refractivity contribution in [1.82, 2.24) is 9.47 Å². The summed E-state index contributed by atoms with van der Waals surface area (Å²) < 4.78 is 1.92. The van der Waals surface area contributed by atoms with E-state index in [2.05, 4.69) is 4.90 Å². The van der Waals surface area contributed by atoms with Crippen molar-refractivity contribution in [1.29, 1.82) is 0 Å². The highest BCUT2D eigenvalue weighted by Crippen LogP contribution is 2.45. The predicted octanol–water partition coefficient (Wildman–Crippen LogP) is 2.47. The average molecular weight is 246 g/mol. The molecule has 0 N–H and O–H groups in total. The molecular weight excluding hydrogens is 224 g/mol. The van der Waals surface area contributed by atoms with Crippen molar-refractivity contribution >= 4 is 5.78 Å². The zero-order valence-electron chi connectivity index (χ0n) is 11.2. The van der Waals surface area contributed by atoms with E-state index in [1.807, 2.05) is 29.9 Å². The molecule has 0 aromatic carbocycles. The molecule has 0 atom stereocenters. The molecule has 1 aliphatic carbocycles. The highest BCUT2D eigenvalue weighted by molar-refractivity contribution is 5.96. The van der Waals surface area contributed by atoms with Crippen LogP contribution in [0.4, 0.5) is 0 Å². The predicted molar refractivity (Wildman–Crippen MR) is 71.7 cm³/mol. The van der Waals surface area contributed by atoms with Crippen molar-refractivity contribution in [3.63, 3.8) is 0 Å². The molecule has 1 aromatic heterocycles. The first-order valence-electron chi connectivity index (χ1n) is 7.05. The van der Waals surface area contributed by atoms with Crippen molar-refractivity contribution in [2.24, 2.45) is 12.5 Å². The number of hydrogen-bond acceptors (Lipinski definition) is 2. The van der Waals surface area contributed by atoms with Gasteiger partial charge in [-0.1, -0.05) is 12.8 Å². The summed E-state index contributed by atoms with van der Waals surface area (Å²) in [5.41, 5.74) is 1.40. The summed E-state index contributed by atoms with van der Waals surface area (Å²) in [7, 11) is 1.94. The maximum atomic E-state index is 12.2. The Morgan fingerprint density at radius 1 is 1.33 bits per heavy atom. The minimum absolute atomic E-state index is 0.262. The molecule has 2 aliphatic rings. The summed E-state index contributed by atoms with van der Waals surface area (Å²) in [6, 6.07) is 3.86. The number of rotatable bonds is 3. The van der Waals surface area contributed by atoms with E-state index < -0.39 is 0 Å². The van der Waals surface area contributed by atoms with Crippen LogP contribution in [0.1, 0.15) is 42.6 Å². The van der Waals surface area contributed by atoms with E-state index in [1.54, 1.807) is 0 Å². The van der Waals surface area contributed by atoms with Crippen molar-refractivity contribution in [3.8, 4) is 0 Å². The second kappa shape index (κ2) is 4.54. The van der Waals surface area contributed by atoms with Crippen LogP contribution in [0.2, 0.25) is 0 Å². The molecule has 1 saturated heterocycles. The molecule has 98 valence electrons. The normalized spacial score (nSPS) is 22.9. The van der Waals surface area contributed by atoms with Gasteiger partial charge in [0, 0.05) is 19.8 Å². The Morgan fingerprint density at radius 3 is 2.78 bits per heavy atom. The van der Waals surface area contributed by atoms with Crippen molar-refractivity contribution < 1.29 is 4.79 Å². The lowest BCUT2D eigenvalue weighted by molar-refractivity contribution is 0.0930. The van der Waals surface area contributed by atoms with Gasteiger partial charge in [0.15, 0.2) is 5.78 Å². The van der Waals surface area contributed by atoms with Gasteiger partial charge in [0.25, 0.3) is 0 Å². The van der Waals surface area contributed by atoms with Crippen LogP contribution in [0.15, 0.2) is 18.3 Å². The lowest BCUT2D eigenvalue weighted by Gasteiger charge is -2.23. The molecule has 3 heteroatoms. The van der Waals surface area contributed by atoms with Crippen LogP contribution in [0, 0.1) is 5.41 Å². The third kappa shape index (κ3) is 2.12. The second-order valence-electron chi connectivity index (χ2n) is 6.10.